The van der Waals surface area contributed by atoms with Crippen molar-refractivity contribution in [2.45, 2.75) is 32.7 Å². The molecule has 24 heavy (non-hydrogen) atoms. The molecule has 2 N–H and O–H groups in total. The predicted octanol–water partition coefficient (Wildman–Crippen LogP) is 1.53. The van der Waals surface area contributed by atoms with Gasteiger partial charge in [0, 0.05) is 12.6 Å². The van der Waals surface area contributed by atoms with Crippen LogP contribution in [-0.2, 0) is 4.79 Å². The maximum absolute atomic E-state index is 12.5. The molecule has 1 unspecified atom stereocenters. The Bertz CT molecular complexity index is 740. The van der Waals surface area contributed by atoms with Crippen molar-refractivity contribution in [2.24, 2.45) is 5.92 Å². The normalized spacial score (nSPS) is 16.1. The molecule has 128 valence electrons. The Morgan fingerprint density at radius 1 is 1.21 bits per heavy atom. The van der Waals surface area contributed by atoms with Crippen molar-refractivity contribution < 1.29 is 24.3 Å². The summed E-state index contributed by atoms with van der Waals surface area (Å²) >= 11 is 0. The molecule has 1 aromatic rings. The number of nitrogens with zero attached hydrogens (tertiary/aromatic N) is 1. The standard InChI is InChI=1S/C17H20N2O5/c1-9(2)17(3,8-13(20)21)18-14(22)10-5-6-11-12(7-10)16(24)19(4)15(11)23/h5-7,9H,8H2,1-4H3,(H,18,22)(H,20,21). The SMILES string of the molecule is CC(C)C(C)(CC(=O)O)NC(=O)c1ccc2c(c1)C(=O)N(C)C2=O. The fourth-order valence-electron chi connectivity index (χ4n) is 2.54. The zero-order valence-corrected chi connectivity index (χ0v) is 14.0. The molecule has 7 heteroatoms. The second-order valence-corrected chi connectivity index (χ2v) is 6.53. The van der Waals surface area contributed by atoms with E-state index in [1.165, 1.54) is 25.2 Å². The van der Waals surface area contributed by atoms with Crippen LogP contribution < -0.4 is 5.32 Å². The Kier molecular flexibility index (Phi) is 4.46. The molecule has 0 aromatic heterocycles. The van der Waals surface area contributed by atoms with Gasteiger partial charge >= 0.3 is 5.97 Å². The topological polar surface area (TPSA) is 104 Å². The van der Waals surface area contributed by atoms with Gasteiger partial charge < -0.3 is 10.4 Å². The quantitative estimate of drug-likeness (QED) is 0.796. The molecule has 2 rings (SSSR count). The van der Waals surface area contributed by atoms with Crippen LogP contribution in [0.3, 0.4) is 0 Å². The first-order valence-corrected chi connectivity index (χ1v) is 7.57. The number of carbonyl (C=O) groups excluding carboxylic acids is 3. The number of carbonyl (C=O) groups is 4. The molecule has 3 amide bonds. The molecule has 0 fully saturated rings. The van der Waals surface area contributed by atoms with Crippen LogP contribution in [-0.4, -0.2) is 46.3 Å². The number of nitrogens with one attached hydrogen (secondary N) is 1. The lowest BCUT2D eigenvalue weighted by molar-refractivity contribution is -0.138. The zero-order chi connectivity index (χ0) is 18.2. The fraction of sp³-hybridized carbons (Fsp3) is 0.412. The highest BCUT2D eigenvalue weighted by Gasteiger charge is 2.35. The van der Waals surface area contributed by atoms with Crippen LogP contribution in [0.2, 0.25) is 0 Å². The van der Waals surface area contributed by atoms with E-state index in [1.54, 1.807) is 6.92 Å². The molecule has 0 saturated carbocycles. The summed E-state index contributed by atoms with van der Waals surface area (Å²) in [7, 11) is 1.38. The Hall–Kier alpha value is -2.70. The van der Waals surface area contributed by atoms with E-state index in [-0.39, 0.29) is 29.0 Å². The summed E-state index contributed by atoms with van der Waals surface area (Å²) in [6, 6.07) is 4.27. The van der Waals surface area contributed by atoms with Gasteiger partial charge in [0.15, 0.2) is 0 Å². The minimum absolute atomic E-state index is 0.110. The van der Waals surface area contributed by atoms with Gasteiger partial charge in [-0.1, -0.05) is 13.8 Å². The van der Waals surface area contributed by atoms with Gasteiger partial charge in [-0.15, -0.1) is 0 Å². The monoisotopic (exact) mass is 332 g/mol. The zero-order valence-electron chi connectivity index (χ0n) is 14.0. The third-order valence-electron chi connectivity index (χ3n) is 4.54. The van der Waals surface area contributed by atoms with Crippen molar-refractivity contribution in [3.8, 4) is 0 Å². The van der Waals surface area contributed by atoms with E-state index >= 15 is 0 Å². The minimum Gasteiger partial charge on any atom is -0.481 e. The van der Waals surface area contributed by atoms with Gasteiger partial charge in [0.05, 0.1) is 23.1 Å². The first kappa shape index (κ1) is 17.7. The average Bonchev–Trinajstić information content (AvgIpc) is 2.70. The van der Waals surface area contributed by atoms with E-state index < -0.39 is 29.2 Å². The lowest BCUT2D eigenvalue weighted by Crippen LogP contribution is -2.51. The molecule has 1 aliphatic heterocycles. The predicted molar refractivity (Wildman–Crippen MR) is 85.8 cm³/mol. The van der Waals surface area contributed by atoms with Gasteiger partial charge in [0.2, 0.25) is 0 Å². The number of benzene rings is 1. The van der Waals surface area contributed by atoms with E-state index in [1.807, 2.05) is 13.8 Å². The average molecular weight is 332 g/mol. The molecule has 0 aliphatic carbocycles. The lowest BCUT2D eigenvalue weighted by Gasteiger charge is -2.33. The van der Waals surface area contributed by atoms with E-state index in [0.717, 1.165) is 4.90 Å². The number of hydrogen-bond donors (Lipinski definition) is 2. The van der Waals surface area contributed by atoms with Crippen LogP contribution in [0.1, 0.15) is 58.3 Å². The van der Waals surface area contributed by atoms with E-state index in [2.05, 4.69) is 5.32 Å². The summed E-state index contributed by atoms with van der Waals surface area (Å²) in [4.78, 5) is 48.4. The third kappa shape index (κ3) is 3.02. The van der Waals surface area contributed by atoms with Crippen LogP contribution in [0.5, 0.6) is 0 Å². The van der Waals surface area contributed by atoms with Crippen LogP contribution in [0.15, 0.2) is 18.2 Å². The van der Waals surface area contributed by atoms with Crippen molar-refractivity contribution in [2.75, 3.05) is 7.05 Å². The summed E-state index contributed by atoms with van der Waals surface area (Å²) in [5.74, 6) is -2.46. The van der Waals surface area contributed by atoms with E-state index in [9.17, 15) is 19.2 Å². The number of carboxylic acids is 1. The molecular formula is C17H20N2O5. The van der Waals surface area contributed by atoms with Crippen molar-refractivity contribution in [1.29, 1.82) is 0 Å². The van der Waals surface area contributed by atoms with Gasteiger partial charge in [-0.25, -0.2) is 0 Å². The number of carboxylic acid groups (broad SMARTS) is 1. The van der Waals surface area contributed by atoms with Crippen LogP contribution in [0.25, 0.3) is 0 Å². The number of aliphatic carboxylic acids is 1. The molecule has 1 heterocycles. The largest absolute Gasteiger partial charge is 0.481 e. The first-order valence-electron chi connectivity index (χ1n) is 7.57. The number of imide groups is 1. The van der Waals surface area contributed by atoms with Gasteiger partial charge in [-0.05, 0) is 31.0 Å². The van der Waals surface area contributed by atoms with Crippen LogP contribution in [0, 0.1) is 5.92 Å². The highest BCUT2D eigenvalue weighted by molar-refractivity contribution is 6.21. The van der Waals surface area contributed by atoms with Crippen molar-refractivity contribution in [3.63, 3.8) is 0 Å². The van der Waals surface area contributed by atoms with Crippen LogP contribution in [0.4, 0.5) is 0 Å². The highest BCUT2D eigenvalue weighted by Crippen LogP contribution is 2.25. The van der Waals surface area contributed by atoms with Crippen molar-refractivity contribution in [3.05, 3.63) is 34.9 Å². The molecule has 1 atom stereocenters. The second kappa shape index (κ2) is 6.07. The number of hydrogen-bond acceptors (Lipinski definition) is 4. The van der Waals surface area contributed by atoms with Gasteiger partial charge in [-0.2, -0.15) is 0 Å². The van der Waals surface area contributed by atoms with Crippen LogP contribution >= 0.6 is 0 Å². The van der Waals surface area contributed by atoms with Gasteiger partial charge in [-0.3, -0.25) is 24.1 Å². The molecule has 0 saturated heterocycles. The number of fused-ring (bicyclic) bond motifs is 1. The Morgan fingerprint density at radius 2 is 1.79 bits per heavy atom. The molecular weight excluding hydrogens is 312 g/mol. The molecule has 0 bridgehead atoms. The number of amides is 3. The van der Waals surface area contributed by atoms with Gasteiger partial charge in [0.1, 0.15) is 0 Å². The fourth-order valence-corrected chi connectivity index (χ4v) is 2.54. The van der Waals surface area contributed by atoms with E-state index in [4.69, 9.17) is 5.11 Å². The molecule has 0 radical (unpaired) electrons. The summed E-state index contributed by atoms with van der Waals surface area (Å²) in [5.41, 5.74) is -0.281. The smallest absolute Gasteiger partial charge is 0.305 e. The Morgan fingerprint density at radius 3 is 2.33 bits per heavy atom. The summed E-state index contributed by atoms with van der Waals surface area (Å²) in [6.07, 6.45) is -0.221. The molecule has 7 nitrogen and oxygen atoms in total. The lowest BCUT2D eigenvalue weighted by atomic mass is 9.85. The Labute approximate surface area is 139 Å². The summed E-state index contributed by atoms with van der Waals surface area (Å²) in [6.45, 7) is 5.31. The summed E-state index contributed by atoms with van der Waals surface area (Å²) < 4.78 is 0. The van der Waals surface area contributed by atoms with Crippen molar-refractivity contribution >= 4 is 23.7 Å². The third-order valence-corrected chi connectivity index (χ3v) is 4.54. The van der Waals surface area contributed by atoms with E-state index in [0.29, 0.717) is 0 Å². The second-order valence-electron chi connectivity index (χ2n) is 6.53. The minimum atomic E-state index is -1.01. The Balaban J connectivity index is 2.30. The maximum Gasteiger partial charge on any atom is 0.305 e. The summed E-state index contributed by atoms with van der Waals surface area (Å²) in [5, 5.41) is 11.8. The molecule has 1 aliphatic rings. The molecule has 0 spiro atoms. The van der Waals surface area contributed by atoms with Crippen molar-refractivity contribution in [1.82, 2.24) is 10.2 Å². The number of rotatable bonds is 5. The highest BCUT2D eigenvalue weighted by atomic mass is 16.4. The molecule has 1 aromatic carbocycles. The maximum atomic E-state index is 12.5. The van der Waals surface area contributed by atoms with Gasteiger partial charge in [0.25, 0.3) is 17.7 Å². The first-order chi connectivity index (χ1) is 11.1.